The number of tetrazole rings is 1. The molecule has 1 heterocycles. The predicted octanol–water partition coefficient (Wildman–Crippen LogP) is 1.10. The van der Waals surface area contributed by atoms with E-state index in [0.29, 0.717) is 11.4 Å². The van der Waals surface area contributed by atoms with Crippen LogP contribution in [0, 0.1) is 0 Å². The van der Waals surface area contributed by atoms with E-state index in [1.165, 1.54) is 0 Å². The molecule has 0 aliphatic carbocycles. The molecule has 72 valence electrons. The van der Waals surface area contributed by atoms with E-state index in [1.807, 2.05) is 6.07 Å². The Morgan fingerprint density at radius 3 is 2.93 bits per heavy atom. The van der Waals surface area contributed by atoms with Crippen molar-refractivity contribution in [3.8, 4) is 11.4 Å². The third-order valence-corrected chi connectivity index (χ3v) is 2.02. The quantitative estimate of drug-likeness (QED) is 0.728. The van der Waals surface area contributed by atoms with Gasteiger partial charge in [-0.05, 0) is 16.8 Å². The molecule has 2 aromatic rings. The van der Waals surface area contributed by atoms with Crippen molar-refractivity contribution in [3.05, 3.63) is 29.8 Å². The molecule has 2 rings (SSSR count). The molecule has 0 saturated carbocycles. The van der Waals surface area contributed by atoms with Gasteiger partial charge in [0.2, 0.25) is 5.82 Å². The molecule has 0 aliphatic rings. The van der Waals surface area contributed by atoms with E-state index in [4.69, 9.17) is 16.7 Å². The van der Waals surface area contributed by atoms with Crippen molar-refractivity contribution >= 4 is 11.6 Å². The summed E-state index contributed by atoms with van der Waals surface area (Å²) in [6.45, 7) is 0. The second-order valence-corrected chi connectivity index (χ2v) is 3.11. The summed E-state index contributed by atoms with van der Waals surface area (Å²) in [7, 11) is 0. The van der Waals surface area contributed by atoms with Crippen LogP contribution < -0.4 is 0 Å². The summed E-state index contributed by atoms with van der Waals surface area (Å²) < 4.78 is 0. The lowest BCUT2D eigenvalue weighted by molar-refractivity contribution is 0.263. The van der Waals surface area contributed by atoms with E-state index in [1.54, 1.807) is 18.2 Å². The zero-order valence-corrected chi connectivity index (χ0v) is 7.81. The maximum absolute atomic E-state index is 9.15. The van der Waals surface area contributed by atoms with E-state index < -0.39 is 5.56 Å². The zero-order valence-electron chi connectivity index (χ0n) is 7.05. The maximum Gasteiger partial charge on any atom is 0.204 e. The minimum absolute atomic E-state index is 0.476. The fourth-order valence-electron chi connectivity index (χ4n) is 1.11. The van der Waals surface area contributed by atoms with Gasteiger partial charge in [0.25, 0.3) is 0 Å². The van der Waals surface area contributed by atoms with Crippen molar-refractivity contribution in [1.82, 2.24) is 20.6 Å². The highest BCUT2D eigenvalue weighted by atomic mass is 35.5. The zero-order chi connectivity index (χ0) is 9.97. The lowest BCUT2D eigenvalue weighted by Crippen LogP contribution is -1.89. The molecule has 6 heteroatoms. The minimum atomic E-state index is -1.01. The van der Waals surface area contributed by atoms with Crippen molar-refractivity contribution in [2.24, 2.45) is 0 Å². The van der Waals surface area contributed by atoms with Gasteiger partial charge in [0.1, 0.15) is 0 Å². The molecular weight excluding hydrogens is 204 g/mol. The van der Waals surface area contributed by atoms with Gasteiger partial charge in [-0.3, -0.25) is 0 Å². The number of aliphatic hydroxyl groups excluding tert-OH is 1. The van der Waals surface area contributed by atoms with Gasteiger partial charge >= 0.3 is 0 Å². The minimum Gasteiger partial charge on any atom is -0.373 e. The van der Waals surface area contributed by atoms with E-state index in [0.717, 1.165) is 5.56 Å². The monoisotopic (exact) mass is 210 g/mol. The average Bonchev–Trinajstić information content (AvgIpc) is 2.71. The fraction of sp³-hybridized carbons (Fsp3) is 0.125. The largest absolute Gasteiger partial charge is 0.373 e. The standard InChI is InChI=1S/C8H7ClN4O/c9-7(14)5-2-1-3-6(4-5)8-10-12-13-11-8/h1-4,7,14H,(H,10,11,12,13). The van der Waals surface area contributed by atoms with Crippen LogP contribution in [0.25, 0.3) is 11.4 Å². The number of benzene rings is 1. The van der Waals surface area contributed by atoms with Gasteiger partial charge in [0.15, 0.2) is 5.56 Å². The number of nitrogens with zero attached hydrogens (tertiary/aromatic N) is 3. The highest BCUT2D eigenvalue weighted by Crippen LogP contribution is 2.21. The molecule has 1 unspecified atom stereocenters. The second-order valence-electron chi connectivity index (χ2n) is 2.70. The molecule has 0 aliphatic heterocycles. The van der Waals surface area contributed by atoms with Crippen molar-refractivity contribution < 1.29 is 5.11 Å². The number of halogens is 1. The van der Waals surface area contributed by atoms with Crippen LogP contribution in [-0.4, -0.2) is 25.7 Å². The molecule has 0 saturated heterocycles. The maximum atomic E-state index is 9.15. The Morgan fingerprint density at radius 1 is 1.43 bits per heavy atom. The first kappa shape index (κ1) is 9.11. The molecule has 1 aromatic carbocycles. The van der Waals surface area contributed by atoms with E-state index in [2.05, 4.69) is 20.6 Å². The third kappa shape index (κ3) is 1.73. The smallest absolute Gasteiger partial charge is 0.204 e. The normalized spacial score (nSPS) is 12.7. The Morgan fingerprint density at radius 2 is 2.29 bits per heavy atom. The SMILES string of the molecule is OC(Cl)c1cccc(-c2nn[nH]n2)c1. The number of hydrogen-bond acceptors (Lipinski definition) is 4. The lowest BCUT2D eigenvalue weighted by atomic mass is 10.1. The number of alkyl halides is 1. The van der Waals surface area contributed by atoms with Crippen LogP contribution >= 0.6 is 11.6 Å². The van der Waals surface area contributed by atoms with Gasteiger partial charge in [-0.15, -0.1) is 10.2 Å². The highest BCUT2D eigenvalue weighted by Gasteiger charge is 2.06. The molecule has 1 atom stereocenters. The number of aliphatic hydroxyl groups is 1. The molecule has 0 radical (unpaired) electrons. The van der Waals surface area contributed by atoms with Gasteiger partial charge < -0.3 is 5.11 Å². The number of nitrogens with one attached hydrogen (secondary N) is 1. The van der Waals surface area contributed by atoms with Crippen molar-refractivity contribution in [2.75, 3.05) is 0 Å². The van der Waals surface area contributed by atoms with Crippen LogP contribution in [0.3, 0.4) is 0 Å². The van der Waals surface area contributed by atoms with E-state index in [-0.39, 0.29) is 0 Å². The summed E-state index contributed by atoms with van der Waals surface area (Å²) in [5.41, 5.74) is 0.353. The van der Waals surface area contributed by atoms with Gasteiger partial charge in [0, 0.05) is 5.56 Å². The molecule has 0 bridgehead atoms. The molecule has 2 N–H and O–H groups in total. The van der Waals surface area contributed by atoms with Crippen LogP contribution in [0.1, 0.15) is 11.1 Å². The lowest BCUT2D eigenvalue weighted by Gasteiger charge is -2.02. The van der Waals surface area contributed by atoms with Gasteiger partial charge in [-0.25, -0.2) is 0 Å². The molecule has 5 nitrogen and oxygen atoms in total. The summed E-state index contributed by atoms with van der Waals surface area (Å²) in [5.74, 6) is 0.476. The first-order chi connectivity index (χ1) is 6.77. The molecular formula is C8H7ClN4O. The van der Waals surface area contributed by atoms with Crippen molar-refractivity contribution in [3.63, 3.8) is 0 Å². The Bertz CT molecular complexity index is 415. The summed E-state index contributed by atoms with van der Waals surface area (Å²) >= 11 is 5.53. The van der Waals surface area contributed by atoms with Crippen LogP contribution in [-0.2, 0) is 0 Å². The van der Waals surface area contributed by atoms with Crippen molar-refractivity contribution in [2.45, 2.75) is 5.56 Å². The number of rotatable bonds is 2. The van der Waals surface area contributed by atoms with Crippen molar-refractivity contribution in [1.29, 1.82) is 0 Å². The third-order valence-electron chi connectivity index (χ3n) is 1.77. The molecule has 0 spiro atoms. The molecule has 0 fully saturated rings. The number of hydrogen-bond donors (Lipinski definition) is 2. The second kappa shape index (κ2) is 3.73. The predicted molar refractivity (Wildman–Crippen MR) is 50.4 cm³/mol. The number of aromatic nitrogens is 4. The van der Waals surface area contributed by atoms with Gasteiger partial charge in [0.05, 0.1) is 0 Å². The Labute approximate surface area is 84.7 Å². The van der Waals surface area contributed by atoms with Gasteiger partial charge in [-0.1, -0.05) is 29.8 Å². The summed E-state index contributed by atoms with van der Waals surface area (Å²) in [6, 6.07) is 7.02. The molecule has 1 aromatic heterocycles. The number of aromatic amines is 1. The average molecular weight is 211 g/mol. The molecule has 0 amide bonds. The van der Waals surface area contributed by atoms with Crippen LogP contribution in [0.4, 0.5) is 0 Å². The Kier molecular flexibility index (Phi) is 2.43. The fourth-order valence-corrected chi connectivity index (χ4v) is 1.25. The van der Waals surface area contributed by atoms with E-state index in [9.17, 15) is 0 Å². The first-order valence-electron chi connectivity index (χ1n) is 3.93. The van der Waals surface area contributed by atoms with E-state index >= 15 is 0 Å². The Hall–Kier alpha value is -1.46. The first-order valence-corrected chi connectivity index (χ1v) is 4.37. The summed E-state index contributed by atoms with van der Waals surface area (Å²) in [4.78, 5) is 0. The topological polar surface area (TPSA) is 74.7 Å². The highest BCUT2D eigenvalue weighted by molar-refractivity contribution is 6.19. The van der Waals surface area contributed by atoms with Crippen LogP contribution in [0.2, 0.25) is 0 Å². The summed E-state index contributed by atoms with van der Waals surface area (Å²) in [6.07, 6.45) is 0. The summed E-state index contributed by atoms with van der Waals surface area (Å²) in [5, 5.41) is 22.6. The van der Waals surface area contributed by atoms with Gasteiger partial charge in [-0.2, -0.15) is 5.21 Å². The van der Waals surface area contributed by atoms with Crippen LogP contribution in [0.5, 0.6) is 0 Å². The van der Waals surface area contributed by atoms with Crippen LogP contribution in [0.15, 0.2) is 24.3 Å². The Balaban J connectivity index is 2.41. The molecule has 14 heavy (non-hydrogen) atoms. The number of H-pyrrole nitrogens is 1.